The lowest BCUT2D eigenvalue weighted by molar-refractivity contribution is -0.115. The fraction of sp³-hybridized carbons (Fsp3) is 0. The Labute approximate surface area is 52.8 Å². The minimum Gasteiger partial charge on any atom is -0.329 e. The van der Waals surface area contributed by atoms with Crippen molar-refractivity contribution in [3.05, 3.63) is 24.6 Å². The summed E-state index contributed by atoms with van der Waals surface area (Å²) in [6.45, 7) is 0. The van der Waals surface area contributed by atoms with Crippen LogP contribution in [-0.4, -0.2) is 12.1 Å². The lowest BCUT2D eigenvalue weighted by atomic mass is 10.5. The first-order valence-corrected chi connectivity index (χ1v) is 2.55. The molecule has 1 aliphatic rings. The standard InChI is InChI=1S/C6H6N2O/c9-6-2-5-7-3-1-4-8-6/h1-5H,(H,8,9). The van der Waals surface area contributed by atoms with Crippen molar-refractivity contribution in [3.63, 3.8) is 0 Å². The van der Waals surface area contributed by atoms with Gasteiger partial charge in [0.2, 0.25) is 5.91 Å². The Bertz CT molecular complexity index is 191. The van der Waals surface area contributed by atoms with E-state index in [4.69, 9.17) is 0 Å². The largest absolute Gasteiger partial charge is 0.329 e. The van der Waals surface area contributed by atoms with Gasteiger partial charge in [0.15, 0.2) is 0 Å². The molecule has 0 saturated heterocycles. The second-order valence-corrected chi connectivity index (χ2v) is 1.48. The third-order valence-electron chi connectivity index (χ3n) is 0.806. The number of allylic oxidation sites excluding steroid dienone is 1. The van der Waals surface area contributed by atoms with Gasteiger partial charge in [-0.25, -0.2) is 0 Å². The minimum absolute atomic E-state index is 0.150. The number of hydrogen-bond acceptors (Lipinski definition) is 2. The first kappa shape index (κ1) is 5.75. The third kappa shape index (κ3) is 1.90. The molecule has 1 amide bonds. The predicted molar refractivity (Wildman–Crippen MR) is 34.9 cm³/mol. The van der Waals surface area contributed by atoms with Gasteiger partial charge in [0.25, 0.3) is 0 Å². The van der Waals surface area contributed by atoms with Crippen LogP contribution in [0.15, 0.2) is 29.5 Å². The first-order chi connectivity index (χ1) is 4.39. The molecular formula is C6H6N2O. The fourth-order valence-corrected chi connectivity index (χ4v) is 0.432. The van der Waals surface area contributed by atoms with Crippen LogP contribution in [0.1, 0.15) is 0 Å². The second-order valence-electron chi connectivity index (χ2n) is 1.48. The van der Waals surface area contributed by atoms with E-state index in [0.717, 1.165) is 0 Å². The number of amides is 1. The van der Waals surface area contributed by atoms with Crippen molar-refractivity contribution in [1.29, 1.82) is 0 Å². The highest BCUT2D eigenvalue weighted by Gasteiger charge is 1.88. The Morgan fingerprint density at radius 2 is 2.44 bits per heavy atom. The van der Waals surface area contributed by atoms with Gasteiger partial charge in [-0.05, 0) is 6.08 Å². The number of hydrogen-bond donors (Lipinski definition) is 1. The molecular weight excluding hydrogens is 116 g/mol. The molecule has 0 aromatic heterocycles. The molecule has 1 heterocycles. The number of nitrogens with one attached hydrogen (secondary N) is 1. The van der Waals surface area contributed by atoms with Crippen molar-refractivity contribution < 1.29 is 4.79 Å². The maximum absolute atomic E-state index is 10.5. The zero-order valence-electron chi connectivity index (χ0n) is 4.74. The predicted octanol–water partition coefficient (Wildman–Crippen LogP) is 0.214. The van der Waals surface area contributed by atoms with Crippen LogP contribution in [0.5, 0.6) is 0 Å². The van der Waals surface area contributed by atoms with E-state index in [-0.39, 0.29) is 5.91 Å². The normalized spacial score (nSPS) is 27.3. The van der Waals surface area contributed by atoms with Gasteiger partial charge in [-0.3, -0.25) is 9.79 Å². The molecule has 46 valence electrons. The first-order valence-electron chi connectivity index (χ1n) is 2.55. The molecule has 3 nitrogen and oxygen atoms in total. The zero-order valence-corrected chi connectivity index (χ0v) is 4.74. The topological polar surface area (TPSA) is 41.5 Å². The van der Waals surface area contributed by atoms with Gasteiger partial charge >= 0.3 is 0 Å². The Morgan fingerprint density at radius 3 is 3.33 bits per heavy atom. The van der Waals surface area contributed by atoms with Crippen LogP contribution in [0.3, 0.4) is 0 Å². The summed E-state index contributed by atoms with van der Waals surface area (Å²) in [7, 11) is 0. The summed E-state index contributed by atoms with van der Waals surface area (Å²) in [5.41, 5.74) is 0. The fourth-order valence-electron chi connectivity index (χ4n) is 0.432. The highest BCUT2D eigenvalue weighted by Crippen LogP contribution is 1.79. The molecule has 0 atom stereocenters. The van der Waals surface area contributed by atoms with Gasteiger partial charge < -0.3 is 5.32 Å². The lowest BCUT2D eigenvalue weighted by Crippen LogP contribution is -2.13. The summed E-state index contributed by atoms with van der Waals surface area (Å²) >= 11 is 0. The SMILES string of the molecule is O=C1\C=C/N=C\C=C/N1. The Hall–Kier alpha value is -1.38. The Kier molecular flexibility index (Phi) is 1.80. The average molecular weight is 122 g/mol. The van der Waals surface area contributed by atoms with E-state index in [9.17, 15) is 4.79 Å². The van der Waals surface area contributed by atoms with Crippen LogP contribution in [0, 0.1) is 0 Å². The van der Waals surface area contributed by atoms with Gasteiger partial charge in [-0.2, -0.15) is 0 Å². The number of rotatable bonds is 0. The van der Waals surface area contributed by atoms with Crippen molar-refractivity contribution in [1.82, 2.24) is 5.32 Å². The van der Waals surface area contributed by atoms with E-state index in [1.807, 2.05) is 0 Å². The zero-order chi connectivity index (χ0) is 6.53. The lowest BCUT2D eigenvalue weighted by Gasteiger charge is -1.91. The molecule has 0 aromatic rings. The number of aliphatic imine (C=N–C) groups is 1. The Balaban J connectivity index is 2.70. The average Bonchev–Trinajstić information content (AvgIpc) is 1.79. The minimum atomic E-state index is -0.150. The summed E-state index contributed by atoms with van der Waals surface area (Å²) in [5, 5.41) is 2.49. The maximum Gasteiger partial charge on any atom is 0.249 e. The van der Waals surface area contributed by atoms with Crippen LogP contribution in [0.25, 0.3) is 0 Å². The van der Waals surface area contributed by atoms with Crippen molar-refractivity contribution in [3.8, 4) is 0 Å². The van der Waals surface area contributed by atoms with E-state index in [1.54, 1.807) is 12.3 Å². The highest BCUT2D eigenvalue weighted by molar-refractivity contribution is 5.89. The van der Waals surface area contributed by atoms with Crippen LogP contribution in [0.2, 0.25) is 0 Å². The van der Waals surface area contributed by atoms with E-state index in [0.29, 0.717) is 0 Å². The quantitative estimate of drug-likeness (QED) is 0.490. The van der Waals surface area contributed by atoms with E-state index < -0.39 is 0 Å². The molecule has 0 spiro atoms. The van der Waals surface area contributed by atoms with Crippen LogP contribution in [0.4, 0.5) is 0 Å². The molecule has 1 N–H and O–H groups in total. The van der Waals surface area contributed by atoms with Gasteiger partial charge in [0.05, 0.1) is 0 Å². The van der Waals surface area contributed by atoms with E-state index in [1.165, 1.54) is 18.5 Å². The van der Waals surface area contributed by atoms with Crippen LogP contribution >= 0.6 is 0 Å². The molecule has 1 rings (SSSR count). The number of carbonyl (C=O) groups is 1. The molecule has 0 radical (unpaired) electrons. The Morgan fingerprint density at radius 1 is 1.56 bits per heavy atom. The van der Waals surface area contributed by atoms with Crippen molar-refractivity contribution >= 4 is 12.1 Å². The molecule has 3 heteroatoms. The van der Waals surface area contributed by atoms with Gasteiger partial charge in [0.1, 0.15) is 0 Å². The summed E-state index contributed by atoms with van der Waals surface area (Å²) in [5.74, 6) is -0.150. The summed E-state index contributed by atoms with van der Waals surface area (Å²) in [4.78, 5) is 14.2. The molecule has 0 fully saturated rings. The number of carbonyl (C=O) groups excluding carboxylic acids is 1. The van der Waals surface area contributed by atoms with Gasteiger partial charge in [-0.15, -0.1) is 0 Å². The summed E-state index contributed by atoms with van der Waals surface area (Å²) in [6.07, 6.45) is 7.59. The van der Waals surface area contributed by atoms with E-state index >= 15 is 0 Å². The third-order valence-corrected chi connectivity index (χ3v) is 0.806. The molecule has 1 aliphatic heterocycles. The summed E-state index contributed by atoms with van der Waals surface area (Å²) < 4.78 is 0. The maximum atomic E-state index is 10.5. The van der Waals surface area contributed by atoms with E-state index in [2.05, 4.69) is 10.3 Å². The molecule has 0 saturated carbocycles. The summed E-state index contributed by atoms with van der Waals surface area (Å²) in [6, 6.07) is 0. The number of nitrogens with zero attached hydrogens (tertiary/aromatic N) is 1. The monoisotopic (exact) mass is 122 g/mol. The molecule has 0 aromatic carbocycles. The molecule has 0 bridgehead atoms. The smallest absolute Gasteiger partial charge is 0.249 e. The molecule has 0 aliphatic carbocycles. The molecule has 9 heavy (non-hydrogen) atoms. The van der Waals surface area contributed by atoms with Crippen molar-refractivity contribution in [2.45, 2.75) is 0 Å². The molecule has 0 unspecified atom stereocenters. The van der Waals surface area contributed by atoms with Gasteiger partial charge in [-0.1, -0.05) is 0 Å². The van der Waals surface area contributed by atoms with Crippen molar-refractivity contribution in [2.75, 3.05) is 0 Å². The van der Waals surface area contributed by atoms with Gasteiger partial charge in [0, 0.05) is 24.7 Å². The highest BCUT2D eigenvalue weighted by atomic mass is 16.1. The van der Waals surface area contributed by atoms with Crippen molar-refractivity contribution in [2.24, 2.45) is 4.99 Å². The second kappa shape index (κ2) is 2.81. The van der Waals surface area contributed by atoms with Crippen LogP contribution < -0.4 is 5.32 Å². The van der Waals surface area contributed by atoms with Crippen LogP contribution in [-0.2, 0) is 4.79 Å².